The minimum absolute atomic E-state index is 0.0544. The molecule has 0 aliphatic carbocycles. The van der Waals surface area contributed by atoms with Crippen LogP contribution >= 0.6 is 0 Å². The molecule has 1 amide bonds. The molecule has 0 aliphatic rings. The van der Waals surface area contributed by atoms with Gasteiger partial charge in [0, 0.05) is 19.5 Å². The number of methoxy groups -OCH3 is 3. The highest BCUT2D eigenvalue weighted by atomic mass is 16.5. The third kappa shape index (κ3) is 6.29. The molecule has 6 nitrogen and oxygen atoms in total. The molecule has 1 unspecified atom stereocenters. The average Bonchev–Trinajstić information content (AvgIpc) is 2.63. The van der Waals surface area contributed by atoms with E-state index in [-0.39, 0.29) is 17.8 Å². The zero-order chi connectivity index (χ0) is 18.8. The zero-order valence-electron chi connectivity index (χ0n) is 15.8. The highest BCUT2D eigenvalue weighted by Crippen LogP contribution is 2.27. The topological polar surface area (TPSA) is 65.1 Å². The SMILES string of the molecule is CCCC(=O)N(CCc1ccc(OC)c(OC)c1)CC(C)C(=O)OC. The summed E-state index contributed by atoms with van der Waals surface area (Å²) in [5.74, 6) is 0.731. The van der Waals surface area contributed by atoms with Crippen LogP contribution in [-0.2, 0) is 20.7 Å². The molecule has 0 saturated carbocycles. The van der Waals surface area contributed by atoms with Gasteiger partial charge in [-0.1, -0.05) is 19.9 Å². The second-order valence-corrected chi connectivity index (χ2v) is 5.95. The lowest BCUT2D eigenvalue weighted by atomic mass is 10.1. The maximum absolute atomic E-state index is 12.4. The lowest BCUT2D eigenvalue weighted by molar-refractivity contribution is -0.146. The summed E-state index contributed by atoms with van der Waals surface area (Å²) in [6, 6.07) is 5.71. The number of nitrogens with zero attached hydrogens (tertiary/aromatic N) is 1. The fourth-order valence-corrected chi connectivity index (χ4v) is 2.60. The van der Waals surface area contributed by atoms with Gasteiger partial charge in [0.25, 0.3) is 0 Å². The maximum Gasteiger partial charge on any atom is 0.310 e. The maximum atomic E-state index is 12.4. The van der Waals surface area contributed by atoms with Crippen molar-refractivity contribution in [1.82, 2.24) is 4.90 Å². The van der Waals surface area contributed by atoms with Crippen molar-refractivity contribution in [2.75, 3.05) is 34.4 Å². The van der Waals surface area contributed by atoms with Gasteiger partial charge in [-0.15, -0.1) is 0 Å². The van der Waals surface area contributed by atoms with Crippen LogP contribution in [0.3, 0.4) is 0 Å². The highest BCUT2D eigenvalue weighted by molar-refractivity contribution is 5.78. The second-order valence-electron chi connectivity index (χ2n) is 5.95. The molecule has 1 aromatic rings. The Morgan fingerprint density at radius 3 is 2.36 bits per heavy atom. The van der Waals surface area contributed by atoms with Crippen molar-refractivity contribution in [3.05, 3.63) is 23.8 Å². The van der Waals surface area contributed by atoms with Gasteiger partial charge in [0.15, 0.2) is 11.5 Å². The van der Waals surface area contributed by atoms with Crippen LogP contribution in [0.25, 0.3) is 0 Å². The van der Waals surface area contributed by atoms with Crippen LogP contribution in [0.4, 0.5) is 0 Å². The van der Waals surface area contributed by atoms with Crippen molar-refractivity contribution < 1.29 is 23.8 Å². The summed E-state index contributed by atoms with van der Waals surface area (Å²) < 4.78 is 15.3. The fourth-order valence-electron chi connectivity index (χ4n) is 2.60. The summed E-state index contributed by atoms with van der Waals surface area (Å²) in [5.41, 5.74) is 1.04. The molecular weight excluding hydrogens is 322 g/mol. The van der Waals surface area contributed by atoms with E-state index in [4.69, 9.17) is 14.2 Å². The van der Waals surface area contributed by atoms with Gasteiger partial charge in [0.05, 0.1) is 27.2 Å². The monoisotopic (exact) mass is 351 g/mol. The Balaban J connectivity index is 2.80. The summed E-state index contributed by atoms with van der Waals surface area (Å²) in [6.45, 7) is 4.64. The molecule has 0 fully saturated rings. The molecule has 0 spiro atoms. The Kier molecular flexibility index (Phi) is 8.81. The predicted octanol–water partition coefficient (Wildman–Crippen LogP) is 2.68. The van der Waals surface area contributed by atoms with Gasteiger partial charge in [-0.2, -0.15) is 0 Å². The Labute approximate surface area is 150 Å². The van der Waals surface area contributed by atoms with Crippen LogP contribution in [0.15, 0.2) is 18.2 Å². The largest absolute Gasteiger partial charge is 0.493 e. The van der Waals surface area contributed by atoms with Crippen molar-refractivity contribution in [3.8, 4) is 11.5 Å². The van der Waals surface area contributed by atoms with E-state index in [1.807, 2.05) is 25.1 Å². The van der Waals surface area contributed by atoms with Crippen LogP contribution in [0.5, 0.6) is 11.5 Å². The molecule has 1 rings (SSSR count). The van der Waals surface area contributed by atoms with Crippen LogP contribution < -0.4 is 9.47 Å². The molecule has 0 saturated heterocycles. The van der Waals surface area contributed by atoms with Crippen molar-refractivity contribution >= 4 is 11.9 Å². The number of benzene rings is 1. The van der Waals surface area contributed by atoms with Gasteiger partial charge >= 0.3 is 5.97 Å². The Hall–Kier alpha value is -2.24. The molecule has 0 aliphatic heterocycles. The number of hydrogen-bond donors (Lipinski definition) is 0. The van der Waals surface area contributed by atoms with Crippen molar-refractivity contribution in [1.29, 1.82) is 0 Å². The first-order valence-corrected chi connectivity index (χ1v) is 8.53. The molecule has 0 heterocycles. The normalized spacial score (nSPS) is 11.6. The molecular formula is C19H29NO5. The van der Waals surface area contributed by atoms with E-state index in [1.165, 1.54) is 7.11 Å². The predicted molar refractivity (Wildman–Crippen MR) is 95.9 cm³/mol. The number of carbonyl (C=O) groups is 2. The molecule has 0 bridgehead atoms. The first-order chi connectivity index (χ1) is 12.0. The summed E-state index contributed by atoms with van der Waals surface area (Å²) in [7, 11) is 4.55. The van der Waals surface area contributed by atoms with E-state index in [9.17, 15) is 9.59 Å². The second kappa shape index (κ2) is 10.6. The highest BCUT2D eigenvalue weighted by Gasteiger charge is 2.21. The lowest BCUT2D eigenvalue weighted by Gasteiger charge is -2.25. The first-order valence-electron chi connectivity index (χ1n) is 8.53. The van der Waals surface area contributed by atoms with Crippen molar-refractivity contribution in [2.45, 2.75) is 33.1 Å². The van der Waals surface area contributed by atoms with Gasteiger partial charge < -0.3 is 19.1 Å². The Morgan fingerprint density at radius 1 is 1.12 bits per heavy atom. The molecule has 1 aromatic carbocycles. The molecule has 140 valence electrons. The Morgan fingerprint density at radius 2 is 1.80 bits per heavy atom. The number of esters is 1. The molecule has 0 aromatic heterocycles. The summed E-state index contributed by atoms with van der Waals surface area (Å²) in [6.07, 6.45) is 1.92. The minimum Gasteiger partial charge on any atom is -0.493 e. The van der Waals surface area contributed by atoms with Gasteiger partial charge in [0.1, 0.15) is 0 Å². The summed E-state index contributed by atoms with van der Waals surface area (Å²) >= 11 is 0. The van der Waals surface area contributed by atoms with E-state index in [2.05, 4.69) is 0 Å². The third-order valence-corrected chi connectivity index (χ3v) is 4.03. The van der Waals surface area contributed by atoms with Gasteiger partial charge in [-0.25, -0.2) is 0 Å². The summed E-state index contributed by atoms with van der Waals surface area (Å²) in [5, 5.41) is 0. The fraction of sp³-hybridized carbons (Fsp3) is 0.579. The number of amides is 1. The van der Waals surface area contributed by atoms with E-state index in [0.717, 1.165) is 12.0 Å². The molecule has 6 heteroatoms. The van der Waals surface area contributed by atoms with Gasteiger partial charge in [0.2, 0.25) is 5.91 Å². The standard InChI is InChI=1S/C19H29NO5/c1-6-7-18(21)20(13-14(2)19(22)25-5)11-10-15-8-9-16(23-3)17(12-15)24-4/h8-9,12,14H,6-7,10-11,13H2,1-5H3. The van der Waals surface area contributed by atoms with Crippen molar-refractivity contribution in [3.63, 3.8) is 0 Å². The number of carbonyl (C=O) groups excluding carboxylic acids is 2. The average molecular weight is 351 g/mol. The zero-order valence-corrected chi connectivity index (χ0v) is 15.8. The number of rotatable bonds is 10. The van der Waals surface area contributed by atoms with Crippen LogP contribution in [0.1, 0.15) is 32.3 Å². The summed E-state index contributed by atoms with van der Waals surface area (Å²) in [4.78, 5) is 25.8. The number of hydrogen-bond acceptors (Lipinski definition) is 5. The molecule has 0 radical (unpaired) electrons. The van der Waals surface area contributed by atoms with E-state index in [1.54, 1.807) is 26.0 Å². The number of ether oxygens (including phenoxy) is 3. The smallest absolute Gasteiger partial charge is 0.310 e. The first kappa shape index (κ1) is 20.8. The third-order valence-electron chi connectivity index (χ3n) is 4.03. The molecule has 0 N–H and O–H groups in total. The molecule has 1 atom stereocenters. The van der Waals surface area contributed by atoms with Crippen LogP contribution in [0.2, 0.25) is 0 Å². The van der Waals surface area contributed by atoms with E-state index in [0.29, 0.717) is 37.4 Å². The van der Waals surface area contributed by atoms with Crippen LogP contribution in [0, 0.1) is 5.92 Å². The minimum atomic E-state index is -0.351. The quantitative estimate of drug-likeness (QED) is 0.607. The van der Waals surface area contributed by atoms with E-state index < -0.39 is 0 Å². The van der Waals surface area contributed by atoms with Gasteiger partial charge in [-0.3, -0.25) is 9.59 Å². The Bertz CT molecular complexity index is 573. The van der Waals surface area contributed by atoms with Gasteiger partial charge in [-0.05, 0) is 30.5 Å². The van der Waals surface area contributed by atoms with E-state index >= 15 is 0 Å². The van der Waals surface area contributed by atoms with Crippen LogP contribution in [-0.4, -0.2) is 51.2 Å². The lowest BCUT2D eigenvalue weighted by Crippen LogP contribution is -2.38. The van der Waals surface area contributed by atoms with Crippen molar-refractivity contribution in [2.24, 2.45) is 5.92 Å². The molecule has 25 heavy (non-hydrogen) atoms.